The number of carbonyl (C=O) groups excluding carboxylic acids is 1. The highest BCUT2D eigenvalue weighted by molar-refractivity contribution is 5.86. The number of carbonyl (C=O) groups is 1. The zero-order chi connectivity index (χ0) is 18.4. The zero-order valence-electron chi connectivity index (χ0n) is 16.6. The number of Topliss-reactive ketones (excluding diaryl/α,β-unsaturated/α-hetero) is 1. The molecule has 0 bridgehead atoms. The first-order valence-electron chi connectivity index (χ1n) is 9.03. The van der Waals surface area contributed by atoms with Crippen molar-refractivity contribution in [1.82, 2.24) is 4.90 Å². The minimum absolute atomic E-state index is 0.0414. The summed E-state index contributed by atoms with van der Waals surface area (Å²) in [5.41, 5.74) is -0.697. The number of rotatable bonds is 11. The molecule has 1 unspecified atom stereocenters. The number of hydrogen-bond acceptors (Lipinski definition) is 3. The van der Waals surface area contributed by atoms with E-state index in [-0.39, 0.29) is 17.9 Å². The fraction of sp³-hybridized carbons (Fsp3) is 0.850. The Morgan fingerprint density at radius 2 is 1.74 bits per heavy atom. The summed E-state index contributed by atoms with van der Waals surface area (Å²) in [5, 5.41) is 10.3. The largest absolute Gasteiger partial charge is 0.390 e. The minimum Gasteiger partial charge on any atom is -0.390 e. The predicted molar refractivity (Wildman–Crippen MR) is 99.5 cm³/mol. The monoisotopic (exact) mass is 325 g/mol. The van der Waals surface area contributed by atoms with Crippen LogP contribution in [0.1, 0.15) is 67.7 Å². The fourth-order valence-corrected chi connectivity index (χ4v) is 3.02. The summed E-state index contributed by atoms with van der Waals surface area (Å²) >= 11 is 0. The molecule has 0 heterocycles. The van der Waals surface area contributed by atoms with Gasteiger partial charge in [-0.25, -0.2) is 0 Å². The number of hydrogen-bond donors (Lipinski definition) is 1. The molecule has 0 saturated carbocycles. The molecule has 0 aromatic carbocycles. The van der Waals surface area contributed by atoms with Crippen LogP contribution in [-0.2, 0) is 4.79 Å². The third kappa shape index (κ3) is 7.17. The molecule has 0 aromatic heterocycles. The highest BCUT2D eigenvalue weighted by atomic mass is 16.3. The third-order valence-corrected chi connectivity index (χ3v) is 5.23. The molecule has 23 heavy (non-hydrogen) atoms. The molecule has 0 aromatic rings. The highest BCUT2D eigenvalue weighted by Gasteiger charge is 2.34. The van der Waals surface area contributed by atoms with Crippen molar-refractivity contribution < 1.29 is 9.90 Å². The van der Waals surface area contributed by atoms with Gasteiger partial charge in [-0.3, -0.25) is 9.69 Å². The molecule has 0 rings (SSSR count). The molecule has 136 valence electrons. The quantitative estimate of drug-likeness (QED) is 0.576. The third-order valence-electron chi connectivity index (χ3n) is 5.23. The van der Waals surface area contributed by atoms with Gasteiger partial charge in [-0.05, 0) is 58.9 Å². The minimum atomic E-state index is -0.697. The van der Waals surface area contributed by atoms with E-state index in [1.54, 1.807) is 6.08 Å². The molecule has 0 amide bonds. The lowest BCUT2D eigenvalue weighted by Gasteiger charge is -2.38. The lowest BCUT2D eigenvalue weighted by atomic mass is 9.79. The van der Waals surface area contributed by atoms with Crippen molar-refractivity contribution in [3.05, 3.63) is 12.7 Å². The Morgan fingerprint density at radius 3 is 2.13 bits per heavy atom. The van der Waals surface area contributed by atoms with E-state index in [2.05, 4.69) is 39.2 Å². The normalized spacial score (nSPS) is 18.8. The van der Waals surface area contributed by atoms with Gasteiger partial charge in [0.1, 0.15) is 0 Å². The van der Waals surface area contributed by atoms with Crippen LogP contribution in [0.2, 0.25) is 0 Å². The lowest BCUT2D eigenvalue weighted by Crippen LogP contribution is -2.49. The lowest BCUT2D eigenvalue weighted by molar-refractivity contribution is -0.130. The summed E-state index contributed by atoms with van der Waals surface area (Å²) in [6.45, 7) is 18.2. The Bertz CT molecular complexity index is 374. The standard InChI is InChI=1S/C20H39NO2/c1-10-12-20(8,23)13-11-16(6)17(7)18(19(22)14(2)3)21(9)15(4)5/h10,14-18,23H,1,11-13H2,2-9H3/t16-,17-,18+,20?/m1/s1. The summed E-state index contributed by atoms with van der Waals surface area (Å²) in [7, 11) is 2.05. The molecule has 3 nitrogen and oxygen atoms in total. The van der Waals surface area contributed by atoms with E-state index in [1.807, 2.05) is 27.8 Å². The molecule has 0 radical (unpaired) electrons. The van der Waals surface area contributed by atoms with Crippen LogP contribution in [0.3, 0.4) is 0 Å². The average Bonchev–Trinajstić information content (AvgIpc) is 2.44. The van der Waals surface area contributed by atoms with Gasteiger partial charge < -0.3 is 5.11 Å². The summed E-state index contributed by atoms with van der Waals surface area (Å²) in [6.07, 6.45) is 4.02. The number of nitrogens with zero attached hydrogens (tertiary/aromatic N) is 1. The van der Waals surface area contributed by atoms with Crippen LogP contribution in [0.25, 0.3) is 0 Å². The molecular formula is C20H39NO2. The molecular weight excluding hydrogens is 286 g/mol. The van der Waals surface area contributed by atoms with Crippen molar-refractivity contribution in [2.75, 3.05) is 7.05 Å². The van der Waals surface area contributed by atoms with Crippen molar-refractivity contribution in [2.24, 2.45) is 17.8 Å². The second-order valence-electron chi connectivity index (χ2n) is 8.13. The molecule has 1 N–H and O–H groups in total. The van der Waals surface area contributed by atoms with Gasteiger partial charge in [0.2, 0.25) is 0 Å². The van der Waals surface area contributed by atoms with Crippen LogP contribution in [-0.4, -0.2) is 40.5 Å². The molecule has 0 spiro atoms. The van der Waals surface area contributed by atoms with Crippen LogP contribution in [0, 0.1) is 17.8 Å². The second-order valence-corrected chi connectivity index (χ2v) is 8.13. The molecule has 4 atom stereocenters. The summed E-state index contributed by atoms with van der Waals surface area (Å²) < 4.78 is 0. The van der Waals surface area contributed by atoms with E-state index in [4.69, 9.17) is 0 Å². The smallest absolute Gasteiger partial charge is 0.152 e. The maximum absolute atomic E-state index is 12.7. The van der Waals surface area contributed by atoms with Crippen molar-refractivity contribution in [3.8, 4) is 0 Å². The van der Waals surface area contributed by atoms with Crippen LogP contribution >= 0.6 is 0 Å². The van der Waals surface area contributed by atoms with Crippen LogP contribution in [0.15, 0.2) is 12.7 Å². The predicted octanol–water partition coefficient (Wildman–Crippen LogP) is 4.30. The fourth-order valence-electron chi connectivity index (χ4n) is 3.02. The van der Waals surface area contributed by atoms with Gasteiger partial charge in [0.15, 0.2) is 5.78 Å². The summed E-state index contributed by atoms with van der Waals surface area (Å²) in [6, 6.07) is 0.274. The van der Waals surface area contributed by atoms with Gasteiger partial charge in [0.05, 0.1) is 11.6 Å². The molecule has 0 aliphatic heterocycles. The number of likely N-dealkylation sites (N-methyl/N-ethyl adjacent to an activating group) is 1. The van der Waals surface area contributed by atoms with Crippen LogP contribution < -0.4 is 0 Å². The van der Waals surface area contributed by atoms with Crippen LogP contribution in [0.4, 0.5) is 0 Å². The van der Waals surface area contributed by atoms with E-state index in [9.17, 15) is 9.90 Å². The zero-order valence-corrected chi connectivity index (χ0v) is 16.6. The molecule has 3 heteroatoms. The van der Waals surface area contributed by atoms with Crippen molar-refractivity contribution in [1.29, 1.82) is 0 Å². The topological polar surface area (TPSA) is 40.5 Å². The van der Waals surface area contributed by atoms with E-state index in [0.717, 1.165) is 12.8 Å². The summed E-state index contributed by atoms with van der Waals surface area (Å²) in [4.78, 5) is 14.9. The van der Waals surface area contributed by atoms with Gasteiger partial charge in [-0.15, -0.1) is 6.58 Å². The average molecular weight is 326 g/mol. The van der Waals surface area contributed by atoms with Gasteiger partial charge in [-0.2, -0.15) is 0 Å². The Labute approximate surface area is 144 Å². The molecule has 0 saturated heterocycles. The Hall–Kier alpha value is -0.670. The molecule has 0 fully saturated rings. The van der Waals surface area contributed by atoms with Gasteiger partial charge in [0.25, 0.3) is 0 Å². The maximum Gasteiger partial charge on any atom is 0.152 e. The van der Waals surface area contributed by atoms with Crippen molar-refractivity contribution in [3.63, 3.8) is 0 Å². The SMILES string of the molecule is C=CCC(C)(O)CC[C@@H](C)[C@@H](C)[C@@H](C(=O)C(C)C)N(C)C(C)C. The van der Waals surface area contributed by atoms with E-state index >= 15 is 0 Å². The van der Waals surface area contributed by atoms with Crippen LogP contribution in [0.5, 0.6) is 0 Å². The second kappa shape index (κ2) is 9.58. The molecule has 0 aliphatic rings. The van der Waals surface area contributed by atoms with Crippen molar-refractivity contribution >= 4 is 5.78 Å². The van der Waals surface area contributed by atoms with E-state index < -0.39 is 5.60 Å². The van der Waals surface area contributed by atoms with E-state index in [1.165, 1.54) is 0 Å². The van der Waals surface area contributed by atoms with Gasteiger partial charge in [-0.1, -0.05) is 33.8 Å². The van der Waals surface area contributed by atoms with E-state index in [0.29, 0.717) is 24.2 Å². The molecule has 0 aliphatic carbocycles. The van der Waals surface area contributed by atoms with Crippen molar-refractivity contribution in [2.45, 2.75) is 85.4 Å². The Morgan fingerprint density at radius 1 is 1.22 bits per heavy atom. The first-order chi connectivity index (χ1) is 10.4. The highest BCUT2D eigenvalue weighted by Crippen LogP contribution is 2.29. The number of ketones is 1. The maximum atomic E-state index is 12.7. The summed E-state index contributed by atoms with van der Waals surface area (Å²) in [5.74, 6) is 0.996. The Balaban J connectivity index is 5.03. The van der Waals surface area contributed by atoms with Gasteiger partial charge in [0, 0.05) is 12.0 Å². The Kier molecular flexibility index (Phi) is 9.30. The first kappa shape index (κ1) is 22.3. The van der Waals surface area contributed by atoms with Gasteiger partial charge >= 0.3 is 0 Å². The number of aliphatic hydroxyl groups is 1. The first-order valence-corrected chi connectivity index (χ1v) is 9.03.